The van der Waals surface area contributed by atoms with Gasteiger partial charge in [-0.2, -0.15) is 39.5 Å². The number of carboxylic acids is 3. The lowest BCUT2D eigenvalue weighted by atomic mass is 9.80. The quantitative estimate of drug-likeness (QED) is 0.382. The van der Waals surface area contributed by atoms with Crippen molar-refractivity contribution in [1.29, 1.82) is 0 Å². The van der Waals surface area contributed by atoms with E-state index < -0.39 is 36.4 Å². The molecule has 2 aromatic rings. The number of nitrogens with zero attached hydrogens (tertiary/aromatic N) is 5. The Bertz CT molecular complexity index is 1510. The number of fused-ring (bicyclic) bond motifs is 3. The monoisotopic (exact) mass is 761 g/mol. The van der Waals surface area contributed by atoms with E-state index in [1.807, 2.05) is 6.20 Å². The molecule has 1 aliphatic carbocycles. The molecule has 52 heavy (non-hydrogen) atoms. The van der Waals surface area contributed by atoms with E-state index in [1.165, 1.54) is 36.1 Å². The highest BCUT2D eigenvalue weighted by Gasteiger charge is 2.45. The van der Waals surface area contributed by atoms with E-state index in [0.29, 0.717) is 6.61 Å². The Morgan fingerprint density at radius 2 is 1.35 bits per heavy atom. The summed E-state index contributed by atoms with van der Waals surface area (Å²) in [7, 11) is 2.19. The molecule has 2 saturated heterocycles. The van der Waals surface area contributed by atoms with Crippen molar-refractivity contribution in [3.05, 3.63) is 52.3 Å². The van der Waals surface area contributed by atoms with Gasteiger partial charge in [0.1, 0.15) is 0 Å². The average molecular weight is 762 g/mol. The Morgan fingerprint density at radius 1 is 0.808 bits per heavy atom. The molecule has 2 fully saturated rings. The zero-order chi connectivity index (χ0) is 39.1. The zero-order valence-corrected chi connectivity index (χ0v) is 27.6. The zero-order valence-electron chi connectivity index (χ0n) is 27.6. The van der Waals surface area contributed by atoms with Crippen molar-refractivity contribution in [3.8, 4) is 0 Å². The molecule has 3 aliphatic heterocycles. The average Bonchev–Trinajstić information content (AvgIpc) is 3.68. The van der Waals surface area contributed by atoms with E-state index in [0.717, 1.165) is 64.8 Å². The molecule has 1 unspecified atom stereocenters. The molecule has 3 N–H and O–H groups in total. The molecular formula is C31H36F9N5O7. The maximum atomic E-state index is 10.6. The lowest BCUT2D eigenvalue weighted by molar-refractivity contribution is -0.193. The number of rotatable bonds is 3. The Hall–Kier alpha value is -4.24. The van der Waals surface area contributed by atoms with Crippen molar-refractivity contribution in [2.24, 2.45) is 0 Å². The summed E-state index contributed by atoms with van der Waals surface area (Å²) in [5, 5.41) is 21.4. The molecule has 0 bridgehead atoms. The van der Waals surface area contributed by atoms with E-state index >= 15 is 0 Å². The second-order valence-corrected chi connectivity index (χ2v) is 12.4. The van der Waals surface area contributed by atoms with Crippen LogP contribution in [0.2, 0.25) is 0 Å². The number of carbonyl (C=O) groups is 3. The molecule has 0 amide bonds. The summed E-state index contributed by atoms with van der Waals surface area (Å²) in [5.74, 6) is -7.36. The highest BCUT2D eigenvalue weighted by atomic mass is 19.4. The molecule has 1 atom stereocenters. The number of piperazine rings is 1. The predicted molar refractivity (Wildman–Crippen MR) is 163 cm³/mol. The van der Waals surface area contributed by atoms with E-state index in [1.54, 1.807) is 11.1 Å². The molecule has 1 aromatic heterocycles. The van der Waals surface area contributed by atoms with E-state index in [2.05, 4.69) is 39.9 Å². The number of hydrogen-bond donors (Lipinski definition) is 3. The fraction of sp³-hybridized carbons (Fsp3) is 0.581. The van der Waals surface area contributed by atoms with Crippen LogP contribution in [0, 0.1) is 0 Å². The molecule has 1 aromatic carbocycles. The lowest BCUT2D eigenvalue weighted by Gasteiger charge is -2.36. The van der Waals surface area contributed by atoms with Crippen molar-refractivity contribution >= 4 is 23.9 Å². The van der Waals surface area contributed by atoms with Gasteiger partial charge < -0.3 is 29.9 Å². The molecular weight excluding hydrogens is 725 g/mol. The predicted octanol–water partition coefficient (Wildman–Crippen LogP) is 4.29. The van der Waals surface area contributed by atoms with Crippen LogP contribution >= 0.6 is 0 Å². The van der Waals surface area contributed by atoms with Gasteiger partial charge in [0, 0.05) is 51.0 Å². The number of likely N-dealkylation sites (tertiary alicyclic amines) is 1. The molecule has 0 saturated carbocycles. The maximum Gasteiger partial charge on any atom is 0.490 e. The lowest BCUT2D eigenvalue weighted by Crippen LogP contribution is -2.46. The van der Waals surface area contributed by atoms with Crippen LogP contribution in [0.15, 0.2) is 24.4 Å². The van der Waals surface area contributed by atoms with Gasteiger partial charge >= 0.3 is 36.4 Å². The Kier molecular flexibility index (Phi) is 13.8. The second-order valence-electron chi connectivity index (χ2n) is 12.4. The molecule has 0 radical (unpaired) electrons. The molecule has 1 spiro atoms. The van der Waals surface area contributed by atoms with Crippen LogP contribution in [0.1, 0.15) is 40.8 Å². The van der Waals surface area contributed by atoms with Gasteiger partial charge in [-0.15, -0.1) is 0 Å². The number of benzene rings is 1. The van der Waals surface area contributed by atoms with E-state index in [9.17, 15) is 39.5 Å². The van der Waals surface area contributed by atoms with Gasteiger partial charge in [0.2, 0.25) is 5.95 Å². The third-order valence-electron chi connectivity index (χ3n) is 8.51. The van der Waals surface area contributed by atoms with Crippen molar-refractivity contribution in [2.45, 2.75) is 62.8 Å². The normalized spacial score (nSPS) is 20.3. The topological polar surface area (TPSA) is 157 Å². The molecule has 12 nitrogen and oxygen atoms in total. The Balaban J connectivity index is 0.000000285. The SMILES string of the molecule is CN1CCN(c2ncc3c(n2)C2(CCN(Cc4ccc5c(c4)CCC5)C2)COC3)CC1.O=C(O)C(F)(F)F.O=C(O)C(F)(F)F.O=C(O)C(F)(F)F. The van der Waals surface area contributed by atoms with Gasteiger partial charge in [0.05, 0.1) is 24.3 Å². The minimum Gasteiger partial charge on any atom is -0.475 e. The third kappa shape index (κ3) is 11.9. The van der Waals surface area contributed by atoms with Crippen LogP contribution in [0.3, 0.4) is 0 Å². The van der Waals surface area contributed by atoms with Gasteiger partial charge in [-0.3, -0.25) is 4.90 Å². The number of alkyl halides is 9. The minimum absolute atomic E-state index is 0.00851. The number of aliphatic carboxylic acids is 3. The first kappa shape index (κ1) is 42.2. The molecule has 290 valence electrons. The van der Waals surface area contributed by atoms with Crippen molar-refractivity contribution in [2.75, 3.05) is 57.8 Å². The van der Waals surface area contributed by atoms with Gasteiger partial charge in [0.25, 0.3) is 0 Å². The molecule has 6 rings (SSSR count). The van der Waals surface area contributed by atoms with Crippen LogP contribution < -0.4 is 4.90 Å². The maximum absolute atomic E-state index is 10.6. The highest BCUT2D eigenvalue weighted by molar-refractivity contribution is 5.73. The van der Waals surface area contributed by atoms with Gasteiger partial charge in [-0.05, 0) is 56.0 Å². The fourth-order valence-corrected chi connectivity index (χ4v) is 5.93. The van der Waals surface area contributed by atoms with Crippen molar-refractivity contribution in [1.82, 2.24) is 19.8 Å². The number of hydrogen-bond acceptors (Lipinski definition) is 9. The number of ether oxygens (including phenoxy) is 1. The molecule has 21 heteroatoms. The minimum atomic E-state index is -5.08. The van der Waals surface area contributed by atoms with Gasteiger partial charge in [-0.25, -0.2) is 24.4 Å². The standard InChI is InChI=1S/C25H33N5O.3C2HF3O2/c1-28-9-11-30(12-10-28)24-26-14-22-16-31-18-25(23(22)27-24)7-8-29(17-25)15-19-5-6-20-3-2-4-21(20)13-19;3*3-2(4,5)1(6)7/h5-6,13-14H,2-4,7-12,15-18H2,1H3;3*(H,6,7). The van der Waals surface area contributed by atoms with E-state index in [4.69, 9.17) is 44.4 Å². The third-order valence-corrected chi connectivity index (χ3v) is 8.51. The summed E-state index contributed by atoms with van der Waals surface area (Å²) in [5.41, 5.74) is 7.03. The second kappa shape index (κ2) is 17.1. The van der Waals surface area contributed by atoms with Gasteiger partial charge in [-0.1, -0.05) is 18.2 Å². The van der Waals surface area contributed by atoms with Crippen LogP contribution in [0.25, 0.3) is 0 Å². The van der Waals surface area contributed by atoms with Crippen LogP contribution in [0.4, 0.5) is 45.5 Å². The summed E-state index contributed by atoms with van der Waals surface area (Å²) >= 11 is 0. The highest BCUT2D eigenvalue weighted by Crippen LogP contribution is 2.40. The summed E-state index contributed by atoms with van der Waals surface area (Å²) in [6.45, 7) is 8.73. The number of likely N-dealkylation sites (N-methyl/N-ethyl adjacent to an activating group) is 1. The smallest absolute Gasteiger partial charge is 0.475 e. The largest absolute Gasteiger partial charge is 0.490 e. The first-order valence-corrected chi connectivity index (χ1v) is 15.6. The first-order chi connectivity index (χ1) is 24.0. The molecule has 4 aliphatic rings. The van der Waals surface area contributed by atoms with Crippen LogP contribution in [-0.4, -0.2) is 124 Å². The first-order valence-electron chi connectivity index (χ1n) is 15.6. The summed E-state index contributed by atoms with van der Waals surface area (Å²) in [4.78, 5) is 43.9. The van der Waals surface area contributed by atoms with E-state index in [-0.39, 0.29) is 5.41 Å². The number of anilines is 1. The Morgan fingerprint density at radius 3 is 1.88 bits per heavy atom. The van der Waals surface area contributed by atoms with Gasteiger partial charge in [0.15, 0.2) is 0 Å². The van der Waals surface area contributed by atoms with Crippen molar-refractivity contribution in [3.63, 3.8) is 0 Å². The van der Waals surface area contributed by atoms with Crippen LogP contribution in [-0.2, 0) is 50.5 Å². The fourth-order valence-electron chi connectivity index (χ4n) is 5.93. The molecule has 4 heterocycles. The Labute approximate surface area is 290 Å². The number of aromatic nitrogens is 2. The summed E-state index contributed by atoms with van der Waals surface area (Å²) in [6, 6.07) is 7.15. The van der Waals surface area contributed by atoms with Crippen LogP contribution in [0.5, 0.6) is 0 Å². The summed E-state index contributed by atoms with van der Waals surface area (Å²) < 4.78 is 101. The number of carboxylic acid groups (broad SMARTS) is 3. The number of halogens is 9. The number of aryl methyl sites for hydroxylation is 2. The summed E-state index contributed by atoms with van der Waals surface area (Å²) in [6.07, 6.45) is -8.29. The van der Waals surface area contributed by atoms with Crippen molar-refractivity contribution < 1.29 is 74.0 Å².